The molecule has 0 atom stereocenters. The van der Waals surface area contributed by atoms with Crippen LogP contribution in [0.1, 0.15) is 51.0 Å². The van der Waals surface area contributed by atoms with Crippen molar-refractivity contribution < 1.29 is 74.2 Å². The Bertz CT molecular complexity index is 821. The third-order valence-electron chi connectivity index (χ3n) is 4.18. The Labute approximate surface area is 204 Å². The van der Waals surface area contributed by atoms with Crippen LogP contribution in [0.25, 0.3) is 0 Å². The second kappa shape index (κ2) is 12.2. The van der Waals surface area contributed by atoms with Crippen LogP contribution in [0.5, 0.6) is 17.2 Å². The molecule has 142 valence electrons. The Balaban J connectivity index is 0.00000364. The minimum absolute atomic E-state index is 0. The van der Waals surface area contributed by atoms with Gasteiger partial charge in [0.15, 0.2) is 0 Å². The van der Waals surface area contributed by atoms with E-state index in [1.54, 1.807) is 18.2 Å². The predicted molar refractivity (Wildman–Crippen MR) is 99.3 cm³/mol. The molecule has 0 aliphatic carbocycles. The number of hydrogen-bond donors (Lipinski definition) is 1. The van der Waals surface area contributed by atoms with Crippen molar-refractivity contribution >= 4 is 10.1 Å². The molecule has 1 N–H and O–H groups in total. The van der Waals surface area contributed by atoms with Crippen molar-refractivity contribution in [3.63, 3.8) is 0 Å². The van der Waals surface area contributed by atoms with Gasteiger partial charge in [-0.1, -0.05) is 56.7 Å². The Morgan fingerprint density at radius 3 is 2.30 bits per heavy atom. The molecule has 5 nitrogen and oxygen atoms in total. The maximum atomic E-state index is 12.2. The minimum atomic E-state index is -4.29. The van der Waals surface area contributed by atoms with E-state index in [1.165, 1.54) is 49.9 Å². The van der Waals surface area contributed by atoms with E-state index in [1.807, 2.05) is 0 Å². The third kappa shape index (κ3) is 8.64. The standard InChI is InChI=1S/C20H26O5S.K/c1-2-3-4-5-6-7-9-16-12-13-18(15-20(16)21)25-17-10-8-11-19(14-17)26(22,23)24;/h8,10-15,21H,2-7,9H2,1H3,(H,22,23,24);/q;+1/p-1. The quantitative estimate of drug-likeness (QED) is 0.362. The van der Waals surface area contributed by atoms with E-state index in [2.05, 4.69) is 6.92 Å². The van der Waals surface area contributed by atoms with E-state index in [4.69, 9.17) is 9.29 Å². The SMILES string of the molecule is CCCCCCCCc1ccc(Oc2cccc(S(=O)(=O)O)c2)cc1[O-].[K+]. The molecule has 27 heavy (non-hydrogen) atoms. The van der Waals surface area contributed by atoms with Crippen molar-refractivity contribution in [2.24, 2.45) is 0 Å². The van der Waals surface area contributed by atoms with Gasteiger partial charge < -0.3 is 9.84 Å². The molecule has 0 amide bonds. The Morgan fingerprint density at radius 2 is 1.63 bits per heavy atom. The van der Waals surface area contributed by atoms with Gasteiger partial charge >= 0.3 is 51.4 Å². The molecule has 0 unspecified atom stereocenters. The Kier molecular flexibility index (Phi) is 11.1. The first kappa shape index (κ1) is 24.6. The molecular formula is C20H25KO5S. The van der Waals surface area contributed by atoms with Crippen LogP contribution in [0.15, 0.2) is 47.4 Å². The molecule has 0 radical (unpaired) electrons. The summed E-state index contributed by atoms with van der Waals surface area (Å²) < 4.78 is 37.0. The zero-order chi connectivity index (χ0) is 19.0. The molecule has 0 aromatic heterocycles. The fraction of sp³-hybridized carbons (Fsp3) is 0.400. The van der Waals surface area contributed by atoms with Gasteiger partial charge in [-0.25, -0.2) is 0 Å². The molecular weight excluding hydrogens is 391 g/mol. The molecule has 2 aromatic carbocycles. The number of unbranched alkanes of at least 4 members (excludes halogenated alkanes) is 5. The molecule has 0 aliphatic heterocycles. The Morgan fingerprint density at radius 1 is 0.963 bits per heavy atom. The van der Waals surface area contributed by atoms with Crippen molar-refractivity contribution in [3.05, 3.63) is 48.0 Å². The number of hydrogen-bond acceptors (Lipinski definition) is 4. The van der Waals surface area contributed by atoms with E-state index in [9.17, 15) is 13.5 Å². The smallest absolute Gasteiger partial charge is 0.872 e. The first-order chi connectivity index (χ1) is 12.4. The van der Waals surface area contributed by atoms with Crippen molar-refractivity contribution in [2.45, 2.75) is 56.8 Å². The van der Waals surface area contributed by atoms with Gasteiger partial charge in [-0.15, -0.1) is 5.75 Å². The van der Waals surface area contributed by atoms with Crippen molar-refractivity contribution in [2.75, 3.05) is 0 Å². The number of benzene rings is 2. The summed E-state index contributed by atoms with van der Waals surface area (Å²) in [5.41, 5.74) is 0.763. The normalized spacial score (nSPS) is 11.0. The third-order valence-corrected chi connectivity index (χ3v) is 5.03. The van der Waals surface area contributed by atoms with E-state index in [0.717, 1.165) is 24.8 Å². The average Bonchev–Trinajstić information content (AvgIpc) is 2.59. The maximum absolute atomic E-state index is 12.2. The van der Waals surface area contributed by atoms with Crippen LogP contribution in [0.2, 0.25) is 0 Å². The van der Waals surface area contributed by atoms with Crippen LogP contribution in [0, 0.1) is 0 Å². The second-order valence-corrected chi connectivity index (χ2v) is 7.76. The van der Waals surface area contributed by atoms with Crippen molar-refractivity contribution in [1.82, 2.24) is 0 Å². The van der Waals surface area contributed by atoms with Gasteiger partial charge in [-0.3, -0.25) is 4.55 Å². The zero-order valence-corrected chi connectivity index (χ0v) is 19.9. The molecule has 0 fully saturated rings. The van der Waals surface area contributed by atoms with Crippen LogP contribution in [-0.4, -0.2) is 13.0 Å². The molecule has 2 rings (SSSR count). The first-order valence-corrected chi connectivity index (χ1v) is 10.4. The largest absolute Gasteiger partial charge is 1.00 e. The van der Waals surface area contributed by atoms with E-state index < -0.39 is 10.1 Å². The topological polar surface area (TPSA) is 86.7 Å². The predicted octanol–water partition coefficient (Wildman–Crippen LogP) is 1.71. The fourth-order valence-corrected chi connectivity index (χ4v) is 3.25. The molecule has 0 aliphatic rings. The summed E-state index contributed by atoms with van der Waals surface area (Å²) in [5.74, 6) is 0.499. The molecule has 2 aromatic rings. The fourth-order valence-electron chi connectivity index (χ4n) is 2.73. The van der Waals surface area contributed by atoms with Crippen LogP contribution >= 0.6 is 0 Å². The molecule has 0 saturated carbocycles. The van der Waals surface area contributed by atoms with E-state index >= 15 is 0 Å². The zero-order valence-electron chi connectivity index (χ0n) is 16.0. The number of aryl methyl sites for hydroxylation is 1. The van der Waals surface area contributed by atoms with Crippen LogP contribution in [0.4, 0.5) is 0 Å². The monoisotopic (exact) mass is 416 g/mol. The molecule has 0 heterocycles. The number of rotatable bonds is 10. The van der Waals surface area contributed by atoms with Gasteiger partial charge in [0.25, 0.3) is 10.1 Å². The summed E-state index contributed by atoms with van der Waals surface area (Å²) in [5, 5.41) is 12.2. The minimum Gasteiger partial charge on any atom is -0.872 e. The van der Waals surface area contributed by atoms with Gasteiger partial charge in [0.1, 0.15) is 11.5 Å². The first-order valence-electron chi connectivity index (χ1n) is 8.95. The summed E-state index contributed by atoms with van der Waals surface area (Å²) in [6.07, 6.45) is 7.81. The van der Waals surface area contributed by atoms with E-state index in [-0.39, 0.29) is 67.8 Å². The van der Waals surface area contributed by atoms with Crippen molar-refractivity contribution in [3.8, 4) is 17.2 Å². The van der Waals surface area contributed by atoms with Crippen molar-refractivity contribution in [1.29, 1.82) is 0 Å². The van der Waals surface area contributed by atoms with Gasteiger partial charge in [0.05, 0.1) is 4.90 Å². The number of ether oxygens (including phenoxy) is 1. The van der Waals surface area contributed by atoms with Crippen LogP contribution in [0.3, 0.4) is 0 Å². The second-order valence-electron chi connectivity index (χ2n) is 6.34. The van der Waals surface area contributed by atoms with Crippen LogP contribution in [-0.2, 0) is 16.5 Å². The van der Waals surface area contributed by atoms with Crippen LogP contribution < -0.4 is 61.2 Å². The van der Waals surface area contributed by atoms with Gasteiger partial charge in [0, 0.05) is 6.07 Å². The summed E-state index contributed by atoms with van der Waals surface area (Å²) in [6, 6.07) is 10.4. The molecule has 0 saturated heterocycles. The molecule has 0 bridgehead atoms. The average molecular weight is 417 g/mol. The Hall–Kier alpha value is -0.414. The summed E-state index contributed by atoms with van der Waals surface area (Å²) >= 11 is 0. The maximum Gasteiger partial charge on any atom is 1.00 e. The molecule has 0 spiro atoms. The molecule has 7 heteroatoms. The summed E-state index contributed by atoms with van der Waals surface area (Å²) in [6.45, 7) is 2.19. The van der Waals surface area contributed by atoms with Gasteiger partial charge in [-0.05, 0) is 37.1 Å². The van der Waals surface area contributed by atoms with Gasteiger partial charge in [0.2, 0.25) is 0 Å². The van der Waals surface area contributed by atoms with E-state index in [0.29, 0.717) is 5.75 Å². The van der Waals surface area contributed by atoms with Gasteiger partial charge in [-0.2, -0.15) is 8.42 Å². The summed E-state index contributed by atoms with van der Waals surface area (Å²) in [4.78, 5) is -0.253. The summed E-state index contributed by atoms with van der Waals surface area (Å²) in [7, 11) is -4.29.